The summed E-state index contributed by atoms with van der Waals surface area (Å²) in [5.41, 5.74) is 4.29. The second kappa shape index (κ2) is 5.75. The van der Waals surface area contributed by atoms with E-state index in [0.717, 1.165) is 28.5 Å². The largest absolute Gasteiger partial charge is 0.373 e. The van der Waals surface area contributed by atoms with Gasteiger partial charge in [0.25, 0.3) is 0 Å². The van der Waals surface area contributed by atoms with Gasteiger partial charge in [-0.1, -0.05) is 54.6 Å². The molecule has 0 aliphatic heterocycles. The van der Waals surface area contributed by atoms with E-state index in [2.05, 4.69) is 29.4 Å². The molecule has 0 atom stereocenters. The Bertz CT molecular complexity index is 751. The van der Waals surface area contributed by atoms with E-state index in [-0.39, 0.29) is 0 Å². The van der Waals surface area contributed by atoms with Crippen LogP contribution >= 0.6 is 0 Å². The number of anilines is 1. The third kappa shape index (κ3) is 2.77. The maximum absolute atomic E-state index is 4.73. The van der Waals surface area contributed by atoms with Crippen LogP contribution in [0.3, 0.4) is 0 Å². The van der Waals surface area contributed by atoms with Crippen molar-refractivity contribution in [1.29, 1.82) is 0 Å². The number of hydrogen-bond acceptors (Lipinski definition) is 3. The normalized spacial score (nSPS) is 10.4. The molecule has 3 aromatic rings. The summed E-state index contributed by atoms with van der Waals surface area (Å²) in [5, 5.41) is 3.12. The van der Waals surface area contributed by atoms with Crippen LogP contribution < -0.4 is 5.32 Å². The molecule has 0 saturated heterocycles. The Hall–Kier alpha value is -2.68. The molecular weight excluding hydrogens is 258 g/mol. The molecule has 3 heteroatoms. The fourth-order valence-corrected chi connectivity index (χ4v) is 2.29. The first-order valence-corrected chi connectivity index (χ1v) is 6.96. The summed E-state index contributed by atoms with van der Waals surface area (Å²) < 4.78 is 0. The zero-order valence-electron chi connectivity index (χ0n) is 12.2. The van der Waals surface area contributed by atoms with E-state index in [9.17, 15) is 0 Å². The Balaban J connectivity index is 2.17. The minimum absolute atomic E-state index is 0.737. The third-order valence-corrected chi connectivity index (χ3v) is 3.44. The lowest BCUT2D eigenvalue weighted by Crippen LogP contribution is -1.99. The van der Waals surface area contributed by atoms with Gasteiger partial charge in [0, 0.05) is 24.2 Å². The molecule has 3 nitrogen and oxygen atoms in total. The van der Waals surface area contributed by atoms with Gasteiger partial charge in [-0.25, -0.2) is 9.97 Å². The number of rotatable bonds is 3. The van der Waals surface area contributed by atoms with Gasteiger partial charge < -0.3 is 5.32 Å². The van der Waals surface area contributed by atoms with Crippen LogP contribution in [0.1, 0.15) is 5.56 Å². The number of hydrogen-bond donors (Lipinski definition) is 1. The Morgan fingerprint density at radius 1 is 0.857 bits per heavy atom. The highest BCUT2D eigenvalue weighted by molar-refractivity contribution is 5.69. The van der Waals surface area contributed by atoms with E-state index in [1.807, 2.05) is 55.6 Å². The summed E-state index contributed by atoms with van der Waals surface area (Å²) in [5.74, 6) is 1.56. The van der Waals surface area contributed by atoms with E-state index in [4.69, 9.17) is 4.98 Å². The molecule has 0 spiro atoms. The first-order valence-electron chi connectivity index (χ1n) is 6.96. The molecule has 0 radical (unpaired) electrons. The SMILES string of the molecule is CNc1cc(-c2ccccc2C)nc(-c2ccccc2)n1. The van der Waals surface area contributed by atoms with Crippen molar-refractivity contribution in [3.63, 3.8) is 0 Å². The molecule has 0 amide bonds. The van der Waals surface area contributed by atoms with Crippen molar-refractivity contribution in [2.45, 2.75) is 6.92 Å². The number of nitrogens with zero attached hydrogens (tertiary/aromatic N) is 2. The highest BCUT2D eigenvalue weighted by Crippen LogP contribution is 2.26. The van der Waals surface area contributed by atoms with Crippen LogP contribution in [0.5, 0.6) is 0 Å². The van der Waals surface area contributed by atoms with Crippen LogP contribution in [0.15, 0.2) is 60.7 Å². The molecule has 3 rings (SSSR count). The van der Waals surface area contributed by atoms with Crippen molar-refractivity contribution in [1.82, 2.24) is 9.97 Å². The third-order valence-electron chi connectivity index (χ3n) is 3.44. The van der Waals surface area contributed by atoms with Gasteiger partial charge in [0.2, 0.25) is 0 Å². The topological polar surface area (TPSA) is 37.8 Å². The van der Waals surface area contributed by atoms with Crippen molar-refractivity contribution in [3.8, 4) is 22.6 Å². The van der Waals surface area contributed by atoms with Gasteiger partial charge in [0.1, 0.15) is 5.82 Å². The Kier molecular flexibility index (Phi) is 3.65. The molecule has 0 aliphatic carbocycles. The lowest BCUT2D eigenvalue weighted by molar-refractivity contribution is 1.17. The monoisotopic (exact) mass is 275 g/mol. The number of benzene rings is 2. The Morgan fingerprint density at radius 3 is 2.29 bits per heavy atom. The predicted octanol–water partition coefficient (Wildman–Crippen LogP) is 4.16. The van der Waals surface area contributed by atoms with Crippen molar-refractivity contribution in [2.75, 3.05) is 12.4 Å². The molecular formula is C18H17N3. The first-order chi connectivity index (χ1) is 10.3. The van der Waals surface area contributed by atoms with E-state index in [1.165, 1.54) is 5.56 Å². The Labute approximate surface area is 124 Å². The van der Waals surface area contributed by atoms with Crippen LogP contribution in [0, 0.1) is 6.92 Å². The van der Waals surface area contributed by atoms with Crippen LogP contribution in [0.25, 0.3) is 22.6 Å². The highest BCUT2D eigenvalue weighted by atomic mass is 15.0. The quantitative estimate of drug-likeness (QED) is 0.780. The lowest BCUT2D eigenvalue weighted by atomic mass is 10.1. The Morgan fingerprint density at radius 2 is 1.57 bits per heavy atom. The van der Waals surface area contributed by atoms with E-state index in [0.29, 0.717) is 0 Å². The molecule has 104 valence electrons. The highest BCUT2D eigenvalue weighted by Gasteiger charge is 2.09. The molecule has 0 saturated carbocycles. The number of nitrogens with one attached hydrogen (secondary N) is 1. The lowest BCUT2D eigenvalue weighted by Gasteiger charge is -2.10. The van der Waals surface area contributed by atoms with E-state index >= 15 is 0 Å². The predicted molar refractivity (Wildman–Crippen MR) is 87.2 cm³/mol. The molecule has 0 bridgehead atoms. The van der Waals surface area contributed by atoms with Gasteiger partial charge in [0.15, 0.2) is 5.82 Å². The molecule has 0 unspecified atom stereocenters. The van der Waals surface area contributed by atoms with Crippen molar-refractivity contribution < 1.29 is 0 Å². The van der Waals surface area contributed by atoms with Crippen LogP contribution in [-0.4, -0.2) is 17.0 Å². The minimum atomic E-state index is 0.737. The second-order valence-corrected chi connectivity index (χ2v) is 4.89. The molecule has 0 fully saturated rings. The van der Waals surface area contributed by atoms with Gasteiger partial charge >= 0.3 is 0 Å². The zero-order chi connectivity index (χ0) is 14.7. The fourth-order valence-electron chi connectivity index (χ4n) is 2.29. The maximum Gasteiger partial charge on any atom is 0.162 e. The van der Waals surface area contributed by atoms with E-state index in [1.54, 1.807) is 0 Å². The summed E-state index contributed by atoms with van der Waals surface area (Å²) in [4.78, 5) is 9.29. The fraction of sp³-hybridized carbons (Fsp3) is 0.111. The van der Waals surface area contributed by atoms with E-state index < -0.39 is 0 Å². The van der Waals surface area contributed by atoms with Crippen molar-refractivity contribution in [3.05, 3.63) is 66.2 Å². The van der Waals surface area contributed by atoms with Gasteiger partial charge in [-0.05, 0) is 12.5 Å². The molecule has 2 aromatic carbocycles. The van der Waals surface area contributed by atoms with Gasteiger partial charge in [0.05, 0.1) is 5.69 Å². The molecule has 1 aromatic heterocycles. The van der Waals surface area contributed by atoms with Gasteiger partial charge in [-0.2, -0.15) is 0 Å². The smallest absolute Gasteiger partial charge is 0.162 e. The average molecular weight is 275 g/mol. The second-order valence-electron chi connectivity index (χ2n) is 4.89. The zero-order valence-corrected chi connectivity index (χ0v) is 12.2. The maximum atomic E-state index is 4.73. The van der Waals surface area contributed by atoms with Gasteiger partial charge in [-0.15, -0.1) is 0 Å². The first kappa shape index (κ1) is 13.3. The number of aryl methyl sites for hydroxylation is 1. The standard InChI is InChI=1S/C18H17N3/c1-13-8-6-7-11-15(13)16-12-17(19-2)21-18(20-16)14-9-4-3-5-10-14/h3-12H,1-2H3,(H,19,20,21). The molecule has 1 N–H and O–H groups in total. The summed E-state index contributed by atoms with van der Waals surface area (Å²) in [6.07, 6.45) is 0. The summed E-state index contributed by atoms with van der Waals surface area (Å²) in [7, 11) is 1.87. The molecule has 1 heterocycles. The van der Waals surface area contributed by atoms with Gasteiger partial charge in [-0.3, -0.25) is 0 Å². The average Bonchev–Trinajstić information content (AvgIpc) is 2.55. The van der Waals surface area contributed by atoms with Crippen molar-refractivity contribution >= 4 is 5.82 Å². The molecule has 21 heavy (non-hydrogen) atoms. The summed E-state index contributed by atoms with van der Waals surface area (Å²) >= 11 is 0. The summed E-state index contributed by atoms with van der Waals surface area (Å²) in [6, 6.07) is 20.3. The minimum Gasteiger partial charge on any atom is -0.373 e. The summed E-state index contributed by atoms with van der Waals surface area (Å²) in [6.45, 7) is 2.10. The molecule has 0 aliphatic rings. The van der Waals surface area contributed by atoms with Crippen LogP contribution in [-0.2, 0) is 0 Å². The van der Waals surface area contributed by atoms with Crippen molar-refractivity contribution in [2.24, 2.45) is 0 Å². The van der Waals surface area contributed by atoms with Crippen LogP contribution in [0.2, 0.25) is 0 Å². The number of aromatic nitrogens is 2. The van der Waals surface area contributed by atoms with Crippen LogP contribution in [0.4, 0.5) is 5.82 Å².